The molecule has 0 unspecified atom stereocenters. The Morgan fingerprint density at radius 1 is 0.800 bits per heavy atom. The number of rotatable bonds is 11. The van der Waals surface area contributed by atoms with Crippen LogP contribution in [0.5, 0.6) is 5.75 Å². The third kappa shape index (κ3) is 4.43. The van der Waals surface area contributed by atoms with E-state index in [9.17, 15) is 0 Å². The average Bonchev–Trinajstić information content (AvgIpc) is 3.08. The van der Waals surface area contributed by atoms with Crippen molar-refractivity contribution < 1.29 is 4.74 Å². The van der Waals surface area contributed by atoms with Crippen LogP contribution in [-0.4, -0.2) is 21.6 Å². The van der Waals surface area contributed by atoms with Crippen molar-refractivity contribution in [3.05, 3.63) is 42.5 Å². The smallest absolute Gasteiger partial charge is 0.160 e. The van der Waals surface area contributed by atoms with Crippen LogP contribution in [0.3, 0.4) is 0 Å². The molecule has 0 N–H and O–H groups in total. The predicted molar refractivity (Wildman–Crippen MR) is 126 cm³/mol. The molecular weight excluding hydrogens is 370 g/mol. The van der Waals surface area contributed by atoms with Gasteiger partial charge in [0.05, 0.1) is 23.7 Å². The largest absolute Gasteiger partial charge is 0.497 e. The number of hydrogen-bond donors (Lipinski definition) is 0. The zero-order chi connectivity index (χ0) is 20.8. The molecule has 158 valence electrons. The summed E-state index contributed by atoms with van der Waals surface area (Å²) in [6, 6.07) is 14.4. The van der Waals surface area contributed by atoms with Crippen LogP contribution in [0.25, 0.3) is 33.1 Å². The summed E-state index contributed by atoms with van der Waals surface area (Å²) in [6.07, 6.45) is 12.0. The van der Waals surface area contributed by atoms with Gasteiger partial charge in [0.1, 0.15) is 11.3 Å². The maximum absolute atomic E-state index is 5.47. The van der Waals surface area contributed by atoms with E-state index in [1.165, 1.54) is 63.3 Å². The zero-order valence-electron chi connectivity index (χ0n) is 18.4. The average molecular weight is 404 g/mol. The van der Waals surface area contributed by atoms with Crippen LogP contribution < -0.4 is 4.74 Å². The van der Waals surface area contributed by atoms with Gasteiger partial charge < -0.3 is 9.30 Å². The Kier molecular flexibility index (Phi) is 6.83. The first-order chi connectivity index (χ1) is 14.8. The second-order valence-electron chi connectivity index (χ2n) is 8.25. The van der Waals surface area contributed by atoms with E-state index in [1.807, 2.05) is 30.3 Å². The van der Waals surface area contributed by atoms with Crippen molar-refractivity contribution in [2.75, 3.05) is 7.11 Å². The molecule has 0 amide bonds. The summed E-state index contributed by atoms with van der Waals surface area (Å²) in [6.45, 7) is 3.26. The van der Waals surface area contributed by atoms with Gasteiger partial charge in [-0.1, -0.05) is 70.4 Å². The van der Waals surface area contributed by atoms with Crippen LogP contribution >= 0.6 is 0 Å². The van der Waals surface area contributed by atoms with E-state index in [0.29, 0.717) is 0 Å². The molecule has 0 atom stereocenters. The minimum Gasteiger partial charge on any atom is -0.497 e. The van der Waals surface area contributed by atoms with Crippen molar-refractivity contribution in [1.82, 2.24) is 14.5 Å². The number of unbranched alkanes of at least 4 members (excludes halogenated alkanes) is 8. The van der Waals surface area contributed by atoms with E-state index in [4.69, 9.17) is 14.7 Å². The van der Waals surface area contributed by atoms with Crippen LogP contribution in [0.1, 0.15) is 64.7 Å². The van der Waals surface area contributed by atoms with E-state index < -0.39 is 0 Å². The van der Waals surface area contributed by atoms with E-state index in [0.717, 1.165) is 39.9 Å². The number of aromatic nitrogens is 3. The lowest BCUT2D eigenvalue weighted by Gasteiger charge is -2.08. The van der Waals surface area contributed by atoms with Gasteiger partial charge in [0.15, 0.2) is 5.65 Å². The van der Waals surface area contributed by atoms with Crippen molar-refractivity contribution in [1.29, 1.82) is 0 Å². The summed E-state index contributed by atoms with van der Waals surface area (Å²) in [5, 5.41) is 1.12. The number of methoxy groups -OCH3 is 1. The number of ether oxygens (including phenoxy) is 1. The molecule has 0 bridgehead atoms. The highest BCUT2D eigenvalue weighted by atomic mass is 16.5. The molecule has 2 aromatic carbocycles. The Labute approximate surface area is 179 Å². The molecule has 2 aromatic heterocycles. The van der Waals surface area contributed by atoms with Gasteiger partial charge in [0, 0.05) is 11.9 Å². The molecule has 0 saturated heterocycles. The van der Waals surface area contributed by atoms with Crippen molar-refractivity contribution in [3.63, 3.8) is 0 Å². The van der Waals surface area contributed by atoms with Gasteiger partial charge in [0.2, 0.25) is 0 Å². The first-order valence-corrected chi connectivity index (χ1v) is 11.5. The molecule has 0 aliphatic carbocycles. The van der Waals surface area contributed by atoms with Gasteiger partial charge in [-0.2, -0.15) is 0 Å². The molecule has 4 aromatic rings. The maximum Gasteiger partial charge on any atom is 0.160 e. The third-order valence-corrected chi connectivity index (χ3v) is 6.04. The number of fused-ring (bicyclic) bond motifs is 4. The number of para-hydroxylation sites is 2. The summed E-state index contributed by atoms with van der Waals surface area (Å²) in [4.78, 5) is 9.94. The topological polar surface area (TPSA) is 39.9 Å². The Hall–Kier alpha value is -2.62. The number of nitrogens with zero attached hydrogens (tertiary/aromatic N) is 3. The van der Waals surface area contributed by atoms with Gasteiger partial charge in [0.25, 0.3) is 0 Å². The summed E-state index contributed by atoms with van der Waals surface area (Å²) >= 11 is 0. The standard InChI is InChI=1S/C26H33N3O/c1-3-4-5-6-7-8-9-10-13-18-29-24-17-16-20(30-2)19-21(24)25-26(29)28-23-15-12-11-14-22(23)27-25/h11-12,14-17,19H,3-10,13,18H2,1-2H3. The van der Waals surface area contributed by atoms with E-state index >= 15 is 0 Å². The predicted octanol–water partition coefficient (Wildman–Crippen LogP) is 7.28. The fraction of sp³-hybridized carbons (Fsp3) is 0.462. The molecule has 4 nitrogen and oxygen atoms in total. The normalized spacial score (nSPS) is 11.7. The third-order valence-electron chi connectivity index (χ3n) is 6.04. The van der Waals surface area contributed by atoms with E-state index in [1.54, 1.807) is 7.11 Å². The summed E-state index contributed by atoms with van der Waals surface area (Å²) in [5.74, 6) is 0.861. The molecule has 30 heavy (non-hydrogen) atoms. The maximum atomic E-state index is 5.47. The lowest BCUT2D eigenvalue weighted by atomic mass is 10.1. The van der Waals surface area contributed by atoms with Gasteiger partial charge in [-0.3, -0.25) is 0 Å². The Bertz CT molecular complexity index is 1120. The number of aryl methyl sites for hydroxylation is 1. The SMILES string of the molecule is CCCCCCCCCCCn1c2ccc(OC)cc2c2nc3ccccc3nc21. The van der Waals surface area contributed by atoms with Crippen LogP contribution in [0, 0.1) is 0 Å². The van der Waals surface area contributed by atoms with Crippen molar-refractivity contribution in [2.45, 2.75) is 71.3 Å². The van der Waals surface area contributed by atoms with Crippen molar-refractivity contribution >= 4 is 33.1 Å². The fourth-order valence-corrected chi connectivity index (χ4v) is 4.35. The molecule has 0 spiro atoms. The molecule has 0 aliphatic rings. The van der Waals surface area contributed by atoms with Gasteiger partial charge in [-0.05, 0) is 36.8 Å². The Morgan fingerprint density at radius 3 is 2.17 bits per heavy atom. The fourth-order valence-electron chi connectivity index (χ4n) is 4.35. The molecular formula is C26H33N3O. The summed E-state index contributed by atoms with van der Waals surface area (Å²) < 4.78 is 7.82. The second-order valence-corrected chi connectivity index (χ2v) is 8.25. The van der Waals surface area contributed by atoms with Crippen LogP contribution in [-0.2, 0) is 6.54 Å². The highest BCUT2D eigenvalue weighted by molar-refractivity contribution is 6.06. The van der Waals surface area contributed by atoms with E-state index in [2.05, 4.69) is 23.6 Å². The molecule has 0 radical (unpaired) electrons. The Morgan fingerprint density at radius 2 is 1.47 bits per heavy atom. The second kappa shape index (κ2) is 9.92. The van der Waals surface area contributed by atoms with Crippen molar-refractivity contribution in [2.24, 2.45) is 0 Å². The lowest BCUT2D eigenvalue weighted by Crippen LogP contribution is -2.00. The van der Waals surface area contributed by atoms with Crippen LogP contribution in [0.4, 0.5) is 0 Å². The molecule has 4 heteroatoms. The van der Waals surface area contributed by atoms with Crippen molar-refractivity contribution in [3.8, 4) is 5.75 Å². The Balaban J connectivity index is 1.53. The molecule has 0 saturated carbocycles. The van der Waals surface area contributed by atoms with Gasteiger partial charge >= 0.3 is 0 Å². The summed E-state index contributed by atoms with van der Waals surface area (Å²) in [5.41, 5.74) is 5.04. The van der Waals surface area contributed by atoms with Crippen LogP contribution in [0.2, 0.25) is 0 Å². The zero-order valence-corrected chi connectivity index (χ0v) is 18.4. The number of hydrogen-bond acceptors (Lipinski definition) is 3. The summed E-state index contributed by atoms with van der Waals surface area (Å²) in [7, 11) is 1.71. The van der Waals surface area contributed by atoms with Crippen LogP contribution in [0.15, 0.2) is 42.5 Å². The monoisotopic (exact) mass is 403 g/mol. The quantitative estimate of drug-likeness (QED) is 0.247. The first-order valence-electron chi connectivity index (χ1n) is 11.5. The molecule has 0 aliphatic heterocycles. The minimum atomic E-state index is 0.861. The molecule has 0 fully saturated rings. The highest BCUT2D eigenvalue weighted by Gasteiger charge is 2.15. The van der Waals surface area contributed by atoms with Gasteiger partial charge in [-0.15, -0.1) is 0 Å². The minimum absolute atomic E-state index is 0.861. The molecule has 4 rings (SSSR count). The highest BCUT2D eigenvalue weighted by Crippen LogP contribution is 2.31. The lowest BCUT2D eigenvalue weighted by molar-refractivity contribution is 0.415. The number of benzene rings is 2. The first kappa shape index (κ1) is 20.6. The van der Waals surface area contributed by atoms with E-state index in [-0.39, 0.29) is 0 Å². The molecule has 2 heterocycles. The van der Waals surface area contributed by atoms with Gasteiger partial charge in [-0.25, -0.2) is 9.97 Å².